The molecule has 1 N–H and O–H groups in total. The molecule has 2 rings (SSSR count). The molecule has 0 aromatic carbocycles. The third kappa shape index (κ3) is 3.28. The van der Waals surface area contributed by atoms with Gasteiger partial charge in [-0.2, -0.15) is 0 Å². The molecule has 0 saturated heterocycles. The number of nitrogens with one attached hydrogen (secondary N) is 1. The molecule has 0 radical (unpaired) electrons. The zero-order chi connectivity index (χ0) is 13.2. The Bertz CT molecular complexity index is 426. The lowest BCUT2D eigenvalue weighted by molar-refractivity contribution is 0.0878. The summed E-state index contributed by atoms with van der Waals surface area (Å²) in [5, 5.41) is 4.02. The van der Waals surface area contributed by atoms with Crippen molar-refractivity contribution in [1.29, 1.82) is 0 Å². The highest BCUT2D eigenvalue weighted by Crippen LogP contribution is 2.34. The van der Waals surface area contributed by atoms with Crippen LogP contribution in [0.2, 0.25) is 4.34 Å². The first-order chi connectivity index (χ1) is 8.54. The number of carbonyl (C=O) groups is 1. The van der Waals surface area contributed by atoms with Gasteiger partial charge in [0, 0.05) is 5.33 Å². The summed E-state index contributed by atoms with van der Waals surface area (Å²) >= 11 is 10.8. The zero-order valence-electron chi connectivity index (χ0n) is 10.3. The lowest BCUT2D eigenvalue weighted by Crippen LogP contribution is -2.51. The van der Waals surface area contributed by atoms with Crippen LogP contribution in [0.25, 0.3) is 0 Å². The van der Waals surface area contributed by atoms with Crippen molar-refractivity contribution < 1.29 is 4.79 Å². The van der Waals surface area contributed by atoms with Crippen LogP contribution in [0, 0.1) is 5.92 Å². The molecule has 1 fully saturated rings. The molecular formula is C13H17BrClNOS. The Morgan fingerprint density at radius 2 is 2.22 bits per heavy atom. The van der Waals surface area contributed by atoms with Gasteiger partial charge in [0.1, 0.15) is 0 Å². The average molecular weight is 351 g/mol. The van der Waals surface area contributed by atoms with Gasteiger partial charge in [0.25, 0.3) is 5.91 Å². The Morgan fingerprint density at radius 3 is 2.72 bits per heavy atom. The van der Waals surface area contributed by atoms with Gasteiger partial charge in [0.2, 0.25) is 0 Å². The SMILES string of the molecule is CC1CCC(CBr)(NC(=O)c2ccc(Cl)s2)CC1. The second-order valence-electron chi connectivity index (χ2n) is 5.15. The van der Waals surface area contributed by atoms with Gasteiger partial charge in [0.05, 0.1) is 14.8 Å². The summed E-state index contributed by atoms with van der Waals surface area (Å²) in [6.07, 6.45) is 4.45. The highest BCUT2D eigenvalue weighted by atomic mass is 79.9. The highest BCUT2D eigenvalue weighted by molar-refractivity contribution is 9.09. The molecule has 1 aliphatic carbocycles. The van der Waals surface area contributed by atoms with E-state index in [0.717, 1.165) is 24.1 Å². The van der Waals surface area contributed by atoms with Crippen LogP contribution in [0.1, 0.15) is 42.3 Å². The molecule has 1 aromatic heterocycles. The van der Waals surface area contributed by atoms with Gasteiger partial charge in [-0.1, -0.05) is 34.5 Å². The molecule has 5 heteroatoms. The lowest BCUT2D eigenvalue weighted by atomic mass is 9.78. The number of alkyl halides is 1. The molecule has 1 aromatic rings. The molecule has 2 nitrogen and oxygen atoms in total. The Balaban J connectivity index is 2.04. The summed E-state index contributed by atoms with van der Waals surface area (Å²) in [5.74, 6) is 0.770. The van der Waals surface area contributed by atoms with Crippen LogP contribution in [-0.4, -0.2) is 16.8 Å². The zero-order valence-corrected chi connectivity index (χ0v) is 13.5. The van der Waals surface area contributed by atoms with Crippen molar-refractivity contribution in [2.75, 3.05) is 5.33 Å². The van der Waals surface area contributed by atoms with E-state index in [2.05, 4.69) is 28.2 Å². The van der Waals surface area contributed by atoms with Crippen molar-refractivity contribution in [2.24, 2.45) is 5.92 Å². The molecule has 18 heavy (non-hydrogen) atoms. The molecule has 0 aliphatic heterocycles. The van der Waals surface area contributed by atoms with E-state index in [4.69, 9.17) is 11.6 Å². The van der Waals surface area contributed by atoms with Gasteiger partial charge >= 0.3 is 0 Å². The number of carbonyl (C=O) groups excluding carboxylic acids is 1. The summed E-state index contributed by atoms with van der Waals surface area (Å²) in [5.41, 5.74) is -0.0833. The van der Waals surface area contributed by atoms with Gasteiger partial charge in [-0.25, -0.2) is 0 Å². The third-order valence-corrected chi connectivity index (χ3v) is 5.97. The van der Waals surface area contributed by atoms with Crippen LogP contribution < -0.4 is 5.32 Å². The fraction of sp³-hybridized carbons (Fsp3) is 0.615. The van der Waals surface area contributed by atoms with E-state index in [1.54, 1.807) is 12.1 Å². The molecule has 1 amide bonds. The van der Waals surface area contributed by atoms with Crippen LogP contribution in [0.3, 0.4) is 0 Å². The Hall–Kier alpha value is -0.0600. The average Bonchev–Trinajstić information content (AvgIpc) is 2.79. The molecule has 1 heterocycles. The minimum atomic E-state index is -0.0833. The van der Waals surface area contributed by atoms with Crippen molar-refractivity contribution in [3.05, 3.63) is 21.3 Å². The number of rotatable bonds is 3. The number of halogens is 2. The Kier molecular flexibility index (Phi) is 4.73. The van der Waals surface area contributed by atoms with E-state index in [-0.39, 0.29) is 11.4 Å². The maximum Gasteiger partial charge on any atom is 0.261 e. The minimum Gasteiger partial charge on any atom is -0.345 e. The topological polar surface area (TPSA) is 29.1 Å². The molecule has 0 bridgehead atoms. The molecular weight excluding hydrogens is 334 g/mol. The standard InChI is InChI=1S/C13H17BrClNOS/c1-9-4-6-13(8-14,7-5-9)16-12(17)10-2-3-11(15)18-10/h2-3,9H,4-8H2,1H3,(H,16,17). The Morgan fingerprint density at radius 1 is 1.56 bits per heavy atom. The minimum absolute atomic E-state index is 0.000836. The maximum atomic E-state index is 12.2. The predicted molar refractivity (Wildman–Crippen MR) is 81.0 cm³/mol. The van der Waals surface area contributed by atoms with E-state index in [0.29, 0.717) is 9.21 Å². The van der Waals surface area contributed by atoms with Crippen LogP contribution >= 0.6 is 38.9 Å². The van der Waals surface area contributed by atoms with Crippen molar-refractivity contribution in [2.45, 2.75) is 38.1 Å². The number of thiophene rings is 1. The first-order valence-electron chi connectivity index (χ1n) is 6.18. The smallest absolute Gasteiger partial charge is 0.261 e. The summed E-state index contributed by atoms with van der Waals surface area (Å²) in [6.45, 7) is 2.28. The number of hydrogen-bond donors (Lipinski definition) is 1. The Labute approximate surface area is 125 Å². The molecule has 0 atom stereocenters. The summed E-state index contributed by atoms with van der Waals surface area (Å²) in [6, 6.07) is 3.56. The lowest BCUT2D eigenvalue weighted by Gasteiger charge is -2.38. The number of hydrogen-bond acceptors (Lipinski definition) is 2. The van der Waals surface area contributed by atoms with Gasteiger partial charge in [0.15, 0.2) is 0 Å². The molecule has 100 valence electrons. The quantitative estimate of drug-likeness (QED) is 0.800. The summed E-state index contributed by atoms with van der Waals surface area (Å²) in [4.78, 5) is 12.9. The van der Waals surface area contributed by atoms with Gasteiger partial charge in [-0.15, -0.1) is 11.3 Å². The van der Waals surface area contributed by atoms with Crippen molar-refractivity contribution in [3.8, 4) is 0 Å². The van der Waals surface area contributed by atoms with Crippen molar-refractivity contribution in [3.63, 3.8) is 0 Å². The third-order valence-electron chi connectivity index (χ3n) is 3.66. The van der Waals surface area contributed by atoms with Crippen molar-refractivity contribution >= 4 is 44.8 Å². The largest absolute Gasteiger partial charge is 0.345 e. The first-order valence-corrected chi connectivity index (χ1v) is 8.50. The summed E-state index contributed by atoms with van der Waals surface area (Å²) in [7, 11) is 0. The first kappa shape index (κ1) is 14.4. The van der Waals surface area contributed by atoms with Crippen LogP contribution in [0.4, 0.5) is 0 Å². The number of amides is 1. The fourth-order valence-electron chi connectivity index (χ4n) is 2.35. The molecule has 1 saturated carbocycles. The highest BCUT2D eigenvalue weighted by Gasteiger charge is 2.35. The molecule has 0 unspecified atom stereocenters. The predicted octanol–water partition coefficient (Wildman–Crippen LogP) is 4.48. The van der Waals surface area contributed by atoms with E-state index in [1.165, 1.54) is 24.2 Å². The monoisotopic (exact) mass is 349 g/mol. The molecule has 0 spiro atoms. The van der Waals surface area contributed by atoms with Crippen LogP contribution in [-0.2, 0) is 0 Å². The van der Waals surface area contributed by atoms with Crippen LogP contribution in [0.15, 0.2) is 12.1 Å². The fourth-order valence-corrected chi connectivity index (χ4v) is 3.98. The van der Waals surface area contributed by atoms with E-state index >= 15 is 0 Å². The van der Waals surface area contributed by atoms with E-state index < -0.39 is 0 Å². The normalized spacial score (nSPS) is 28.1. The van der Waals surface area contributed by atoms with Gasteiger partial charge in [-0.05, 0) is 43.7 Å². The van der Waals surface area contributed by atoms with Crippen molar-refractivity contribution in [1.82, 2.24) is 5.32 Å². The van der Waals surface area contributed by atoms with Crippen LogP contribution in [0.5, 0.6) is 0 Å². The van der Waals surface area contributed by atoms with E-state index in [1.807, 2.05) is 0 Å². The maximum absolute atomic E-state index is 12.2. The summed E-state index contributed by atoms with van der Waals surface area (Å²) < 4.78 is 0.658. The molecule has 1 aliphatic rings. The second kappa shape index (κ2) is 5.93. The van der Waals surface area contributed by atoms with Gasteiger partial charge in [-0.3, -0.25) is 4.79 Å². The van der Waals surface area contributed by atoms with E-state index in [9.17, 15) is 4.79 Å². The second-order valence-corrected chi connectivity index (χ2v) is 7.43. The van der Waals surface area contributed by atoms with Gasteiger partial charge < -0.3 is 5.32 Å².